The van der Waals surface area contributed by atoms with Crippen molar-refractivity contribution in [1.29, 1.82) is 0 Å². The molecule has 1 aromatic heterocycles. The number of thiazole rings is 1. The van der Waals surface area contributed by atoms with Crippen molar-refractivity contribution >= 4 is 55.7 Å². The van der Waals surface area contributed by atoms with Gasteiger partial charge in [-0.2, -0.15) is 0 Å². The Morgan fingerprint density at radius 1 is 1.03 bits per heavy atom. The Kier molecular flexibility index (Phi) is 6.96. The van der Waals surface area contributed by atoms with Crippen molar-refractivity contribution in [2.45, 2.75) is 13.0 Å². The summed E-state index contributed by atoms with van der Waals surface area (Å²) in [6, 6.07) is 15.8. The summed E-state index contributed by atoms with van der Waals surface area (Å²) >= 11 is 7.27. The van der Waals surface area contributed by atoms with Gasteiger partial charge in [0.2, 0.25) is 0 Å². The lowest BCUT2D eigenvalue weighted by Crippen LogP contribution is -2.29. The number of ketones is 1. The topological polar surface area (TPSA) is 98.2 Å². The lowest BCUT2D eigenvalue weighted by molar-refractivity contribution is -0.132. The van der Waals surface area contributed by atoms with Crippen LogP contribution in [0.3, 0.4) is 0 Å². The first-order valence-electron chi connectivity index (χ1n) is 11.7. The van der Waals surface area contributed by atoms with Gasteiger partial charge in [-0.05, 0) is 67.6 Å². The third-order valence-corrected chi connectivity index (χ3v) is 7.43. The van der Waals surface area contributed by atoms with E-state index in [4.69, 9.17) is 25.8 Å². The second-order valence-electron chi connectivity index (χ2n) is 8.34. The third-order valence-electron chi connectivity index (χ3n) is 6.16. The van der Waals surface area contributed by atoms with Crippen molar-refractivity contribution in [2.24, 2.45) is 0 Å². The predicted octanol–water partition coefficient (Wildman–Crippen LogP) is 5.99. The molecule has 5 rings (SSSR count). The molecule has 0 aliphatic carbocycles. The molecule has 4 aromatic rings. The van der Waals surface area contributed by atoms with Gasteiger partial charge in [-0.3, -0.25) is 14.5 Å². The number of aliphatic hydroxyl groups is 1. The van der Waals surface area contributed by atoms with Crippen molar-refractivity contribution in [3.8, 4) is 17.2 Å². The Bertz CT molecular complexity index is 1580. The maximum Gasteiger partial charge on any atom is 0.301 e. The monoisotopic (exact) mass is 550 g/mol. The van der Waals surface area contributed by atoms with E-state index < -0.39 is 17.7 Å². The number of rotatable bonds is 7. The standard InChI is InChI=1S/C28H23ClN2O6S/c1-4-37-18-9-11-20-22(14-18)38-28(30-20)31-24(19-13-17(35-2)10-12-21(19)36-3)23(26(33)27(31)34)25(32)15-5-7-16(29)8-6-15/h5-14,24,32H,4H2,1-3H3/b25-23+/t24-/m0/s1. The van der Waals surface area contributed by atoms with E-state index in [1.165, 1.54) is 30.5 Å². The van der Waals surface area contributed by atoms with E-state index in [1.807, 2.05) is 13.0 Å². The Morgan fingerprint density at radius 3 is 2.45 bits per heavy atom. The Balaban J connectivity index is 1.75. The number of Topliss-reactive ketones (excluding diaryl/α,β-unsaturated/α-hetero) is 1. The predicted molar refractivity (Wildman–Crippen MR) is 147 cm³/mol. The van der Waals surface area contributed by atoms with E-state index >= 15 is 0 Å². The highest BCUT2D eigenvalue weighted by Crippen LogP contribution is 2.47. The lowest BCUT2D eigenvalue weighted by atomic mass is 9.94. The molecule has 10 heteroatoms. The minimum absolute atomic E-state index is 0.0989. The van der Waals surface area contributed by atoms with Gasteiger partial charge in [-0.1, -0.05) is 22.9 Å². The molecular formula is C28H23ClN2O6S. The van der Waals surface area contributed by atoms with E-state index in [1.54, 1.807) is 54.6 Å². The number of nitrogens with zero attached hydrogens (tertiary/aromatic N) is 2. The van der Waals surface area contributed by atoms with Crippen LogP contribution in [0.4, 0.5) is 5.13 Å². The minimum Gasteiger partial charge on any atom is -0.507 e. The first-order chi connectivity index (χ1) is 18.4. The fourth-order valence-electron chi connectivity index (χ4n) is 4.39. The summed E-state index contributed by atoms with van der Waals surface area (Å²) in [5.41, 5.74) is 1.34. The Labute approximate surface area is 227 Å². The van der Waals surface area contributed by atoms with Crippen LogP contribution in [-0.2, 0) is 9.59 Å². The van der Waals surface area contributed by atoms with Gasteiger partial charge in [0.1, 0.15) is 29.0 Å². The van der Waals surface area contributed by atoms with Crippen LogP contribution in [0.15, 0.2) is 66.2 Å². The number of fused-ring (bicyclic) bond motifs is 1. The van der Waals surface area contributed by atoms with Gasteiger partial charge in [0.15, 0.2) is 5.13 Å². The largest absolute Gasteiger partial charge is 0.507 e. The van der Waals surface area contributed by atoms with Gasteiger partial charge in [0.05, 0.1) is 36.6 Å². The number of amides is 1. The molecule has 0 radical (unpaired) electrons. The van der Waals surface area contributed by atoms with Crippen LogP contribution in [0.5, 0.6) is 17.2 Å². The molecule has 1 N–H and O–H groups in total. The normalized spacial score (nSPS) is 16.7. The molecule has 0 unspecified atom stereocenters. The van der Waals surface area contributed by atoms with Crippen LogP contribution in [0.1, 0.15) is 24.1 Å². The number of benzene rings is 3. The summed E-state index contributed by atoms with van der Waals surface area (Å²) < 4.78 is 17.4. The van der Waals surface area contributed by atoms with E-state index in [0.717, 1.165) is 4.70 Å². The molecule has 0 spiro atoms. The highest BCUT2D eigenvalue weighted by atomic mass is 35.5. The van der Waals surface area contributed by atoms with Crippen LogP contribution in [-0.4, -0.2) is 42.6 Å². The Hall–Kier alpha value is -4.08. The number of halogens is 1. The molecule has 1 amide bonds. The molecule has 2 heterocycles. The van der Waals surface area contributed by atoms with Crippen molar-refractivity contribution in [1.82, 2.24) is 4.98 Å². The first-order valence-corrected chi connectivity index (χ1v) is 12.9. The minimum atomic E-state index is -1.04. The fraction of sp³-hybridized carbons (Fsp3) is 0.179. The molecule has 1 saturated heterocycles. The lowest BCUT2D eigenvalue weighted by Gasteiger charge is -2.25. The third kappa shape index (κ3) is 4.44. The molecule has 0 bridgehead atoms. The zero-order valence-electron chi connectivity index (χ0n) is 20.7. The molecule has 1 fully saturated rings. The SMILES string of the molecule is CCOc1ccc2nc(N3C(=O)C(=O)/C(=C(/O)c4ccc(Cl)cc4)[C@@H]3c3cc(OC)ccc3OC)sc2c1. The number of carbonyl (C=O) groups excluding carboxylic acids is 2. The van der Waals surface area contributed by atoms with Gasteiger partial charge in [-0.15, -0.1) is 0 Å². The van der Waals surface area contributed by atoms with Gasteiger partial charge >= 0.3 is 5.91 Å². The summed E-state index contributed by atoms with van der Waals surface area (Å²) in [6.45, 7) is 2.40. The molecule has 1 atom stereocenters. The van der Waals surface area contributed by atoms with E-state index in [9.17, 15) is 14.7 Å². The summed E-state index contributed by atoms with van der Waals surface area (Å²) in [5.74, 6) is -0.433. The quantitative estimate of drug-likeness (QED) is 0.171. The molecule has 3 aromatic carbocycles. The van der Waals surface area contributed by atoms with E-state index in [2.05, 4.69) is 4.98 Å². The first kappa shape index (κ1) is 25.6. The summed E-state index contributed by atoms with van der Waals surface area (Å²) in [5, 5.41) is 12.1. The molecule has 194 valence electrons. The molecule has 1 aliphatic heterocycles. The number of hydrogen-bond donors (Lipinski definition) is 1. The molecular weight excluding hydrogens is 528 g/mol. The van der Waals surface area contributed by atoms with Crippen molar-refractivity contribution in [3.63, 3.8) is 0 Å². The van der Waals surface area contributed by atoms with Crippen LogP contribution < -0.4 is 19.1 Å². The number of methoxy groups -OCH3 is 2. The maximum atomic E-state index is 13.6. The molecule has 0 saturated carbocycles. The number of ether oxygens (including phenoxy) is 3. The highest BCUT2D eigenvalue weighted by molar-refractivity contribution is 7.22. The van der Waals surface area contributed by atoms with Crippen LogP contribution in [0, 0.1) is 0 Å². The smallest absolute Gasteiger partial charge is 0.301 e. The van der Waals surface area contributed by atoms with Crippen molar-refractivity contribution in [2.75, 3.05) is 25.7 Å². The zero-order valence-corrected chi connectivity index (χ0v) is 22.3. The van der Waals surface area contributed by atoms with Gasteiger partial charge in [0, 0.05) is 16.1 Å². The van der Waals surface area contributed by atoms with Gasteiger partial charge in [0.25, 0.3) is 5.78 Å². The zero-order chi connectivity index (χ0) is 27.0. The maximum absolute atomic E-state index is 13.6. The number of carbonyl (C=O) groups is 2. The van der Waals surface area contributed by atoms with E-state index in [0.29, 0.717) is 50.7 Å². The van der Waals surface area contributed by atoms with Gasteiger partial charge < -0.3 is 19.3 Å². The van der Waals surface area contributed by atoms with Gasteiger partial charge in [-0.25, -0.2) is 4.98 Å². The number of aromatic nitrogens is 1. The number of anilines is 1. The molecule has 38 heavy (non-hydrogen) atoms. The van der Waals surface area contributed by atoms with Crippen LogP contribution in [0.25, 0.3) is 16.0 Å². The average Bonchev–Trinajstić information content (AvgIpc) is 3.46. The van der Waals surface area contributed by atoms with Crippen molar-refractivity contribution < 1.29 is 28.9 Å². The van der Waals surface area contributed by atoms with Crippen LogP contribution >= 0.6 is 22.9 Å². The average molecular weight is 551 g/mol. The number of hydrogen-bond acceptors (Lipinski definition) is 8. The van der Waals surface area contributed by atoms with Crippen molar-refractivity contribution in [3.05, 3.63) is 82.4 Å². The summed E-state index contributed by atoms with van der Waals surface area (Å²) in [4.78, 5) is 33.0. The Morgan fingerprint density at radius 2 is 1.76 bits per heavy atom. The molecule has 8 nitrogen and oxygen atoms in total. The number of aliphatic hydroxyl groups excluding tert-OH is 1. The van der Waals surface area contributed by atoms with Crippen LogP contribution in [0.2, 0.25) is 5.02 Å². The second-order valence-corrected chi connectivity index (χ2v) is 9.79. The highest BCUT2D eigenvalue weighted by Gasteiger charge is 2.49. The molecule has 1 aliphatic rings. The summed E-state index contributed by atoms with van der Waals surface area (Å²) in [7, 11) is 3.00. The fourth-order valence-corrected chi connectivity index (χ4v) is 5.54. The van der Waals surface area contributed by atoms with E-state index in [-0.39, 0.29) is 11.3 Å². The summed E-state index contributed by atoms with van der Waals surface area (Å²) in [6.07, 6.45) is 0. The second kappa shape index (κ2) is 10.4.